The second kappa shape index (κ2) is 6.37. The zero-order valence-electron chi connectivity index (χ0n) is 13.8. The normalized spacial score (nSPS) is 22.0. The predicted molar refractivity (Wildman–Crippen MR) is 96.7 cm³/mol. The van der Waals surface area contributed by atoms with Gasteiger partial charge in [-0.05, 0) is 47.2 Å². The summed E-state index contributed by atoms with van der Waals surface area (Å²) in [5, 5.41) is 6.30. The van der Waals surface area contributed by atoms with E-state index >= 15 is 0 Å². The molecule has 0 aromatic heterocycles. The summed E-state index contributed by atoms with van der Waals surface area (Å²) in [6.07, 6.45) is 0. The zero-order valence-corrected chi connectivity index (χ0v) is 13.8. The van der Waals surface area contributed by atoms with Crippen LogP contribution in [0, 0.1) is 17.7 Å². The topological polar surface area (TPSA) is 70.4 Å². The first-order chi connectivity index (χ1) is 12.1. The molecule has 5 nitrogen and oxygen atoms in total. The van der Waals surface area contributed by atoms with E-state index in [9.17, 15) is 9.18 Å². The second-order valence-corrected chi connectivity index (χ2v) is 6.82. The third-order valence-corrected chi connectivity index (χ3v) is 5.15. The Balaban J connectivity index is 1.51. The lowest BCUT2D eigenvalue weighted by Gasteiger charge is -2.19. The van der Waals surface area contributed by atoms with Gasteiger partial charge >= 0.3 is 6.03 Å². The fourth-order valence-corrected chi connectivity index (χ4v) is 3.70. The molecule has 2 fully saturated rings. The molecule has 2 aromatic carbocycles. The van der Waals surface area contributed by atoms with Gasteiger partial charge in [0.15, 0.2) is 0 Å². The number of urea groups is 1. The molecular formula is C19H21FN4O. The number of nitrogens with zero attached hydrogens (tertiary/aromatic N) is 1. The minimum absolute atomic E-state index is 0.114. The summed E-state index contributed by atoms with van der Waals surface area (Å²) in [4.78, 5) is 14.4. The van der Waals surface area contributed by atoms with Crippen LogP contribution in [-0.2, 0) is 0 Å². The molecule has 4 rings (SSSR count). The van der Waals surface area contributed by atoms with Crippen molar-refractivity contribution in [3.63, 3.8) is 0 Å². The minimum atomic E-state index is -0.276. The average molecular weight is 340 g/mol. The van der Waals surface area contributed by atoms with Crippen LogP contribution in [0.15, 0.2) is 42.5 Å². The van der Waals surface area contributed by atoms with Crippen LogP contribution in [0.3, 0.4) is 0 Å². The average Bonchev–Trinajstić information content (AvgIpc) is 3.19. The van der Waals surface area contributed by atoms with Crippen molar-refractivity contribution in [2.24, 2.45) is 11.8 Å². The molecule has 2 atom stereocenters. The molecule has 6 heteroatoms. The highest BCUT2D eigenvalue weighted by molar-refractivity contribution is 5.94. The molecule has 2 saturated heterocycles. The number of benzene rings is 2. The Morgan fingerprint density at radius 2 is 1.72 bits per heavy atom. The van der Waals surface area contributed by atoms with Gasteiger partial charge < -0.3 is 21.3 Å². The van der Waals surface area contributed by atoms with Crippen molar-refractivity contribution in [2.45, 2.75) is 0 Å². The molecule has 0 bridgehead atoms. The number of rotatable bonds is 2. The number of hydrogen-bond acceptors (Lipinski definition) is 3. The predicted octanol–water partition coefficient (Wildman–Crippen LogP) is 2.76. The molecule has 2 aliphatic heterocycles. The summed E-state index contributed by atoms with van der Waals surface area (Å²) in [5.41, 5.74) is 8.88. The first-order valence-corrected chi connectivity index (χ1v) is 8.52. The molecule has 0 radical (unpaired) electrons. The van der Waals surface area contributed by atoms with E-state index in [-0.39, 0.29) is 11.8 Å². The Bertz CT molecular complexity index is 781. The molecule has 0 saturated carbocycles. The van der Waals surface area contributed by atoms with Gasteiger partial charge in [0.25, 0.3) is 0 Å². The number of fused-ring (bicyclic) bond motifs is 1. The number of likely N-dealkylation sites (tertiary alicyclic amines) is 1. The van der Waals surface area contributed by atoms with E-state index in [1.807, 2.05) is 17.0 Å². The third-order valence-electron chi connectivity index (χ3n) is 5.15. The highest BCUT2D eigenvalue weighted by atomic mass is 19.1. The van der Waals surface area contributed by atoms with Crippen molar-refractivity contribution < 1.29 is 9.18 Å². The summed E-state index contributed by atoms with van der Waals surface area (Å²) in [5.74, 6) is 0.823. The van der Waals surface area contributed by atoms with E-state index in [1.54, 1.807) is 18.2 Å². The Morgan fingerprint density at radius 3 is 2.40 bits per heavy atom. The van der Waals surface area contributed by atoms with Crippen LogP contribution in [0.2, 0.25) is 0 Å². The van der Waals surface area contributed by atoms with Crippen LogP contribution in [0.1, 0.15) is 0 Å². The lowest BCUT2D eigenvalue weighted by Crippen LogP contribution is -2.35. The Labute approximate surface area is 146 Å². The Morgan fingerprint density at radius 1 is 1.08 bits per heavy atom. The SMILES string of the molecule is Nc1ccc(-c2ccc(F)cc2)cc1NC(=O)N1CC2CNCC2C1. The number of carbonyl (C=O) groups is 1. The number of amides is 2. The van der Waals surface area contributed by atoms with Crippen LogP contribution >= 0.6 is 0 Å². The summed E-state index contributed by atoms with van der Waals surface area (Å²) in [6.45, 7) is 3.52. The van der Waals surface area contributed by atoms with Gasteiger partial charge in [0, 0.05) is 26.2 Å². The summed E-state index contributed by atoms with van der Waals surface area (Å²) >= 11 is 0. The lowest BCUT2D eigenvalue weighted by atomic mass is 10.0. The van der Waals surface area contributed by atoms with Crippen LogP contribution in [-0.4, -0.2) is 37.1 Å². The number of nitrogens with one attached hydrogen (secondary N) is 2. The van der Waals surface area contributed by atoms with Crippen molar-refractivity contribution in [1.29, 1.82) is 0 Å². The fraction of sp³-hybridized carbons (Fsp3) is 0.316. The van der Waals surface area contributed by atoms with Gasteiger partial charge in [-0.15, -0.1) is 0 Å². The molecule has 130 valence electrons. The van der Waals surface area contributed by atoms with Crippen LogP contribution < -0.4 is 16.4 Å². The second-order valence-electron chi connectivity index (χ2n) is 6.82. The summed E-state index contributed by atoms with van der Waals surface area (Å²) < 4.78 is 13.1. The molecule has 2 aromatic rings. The van der Waals surface area contributed by atoms with Gasteiger partial charge in [-0.25, -0.2) is 9.18 Å². The molecule has 2 heterocycles. The maximum Gasteiger partial charge on any atom is 0.321 e. The lowest BCUT2D eigenvalue weighted by molar-refractivity contribution is 0.219. The van der Waals surface area contributed by atoms with Gasteiger partial charge in [-0.1, -0.05) is 18.2 Å². The van der Waals surface area contributed by atoms with Gasteiger partial charge in [0.1, 0.15) is 5.82 Å². The van der Waals surface area contributed by atoms with Crippen LogP contribution in [0.25, 0.3) is 11.1 Å². The number of nitrogens with two attached hydrogens (primary N) is 1. The van der Waals surface area contributed by atoms with Gasteiger partial charge in [0.2, 0.25) is 0 Å². The standard InChI is InChI=1S/C19H21FN4O/c20-16-4-1-12(2-5-16)13-3-6-17(21)18(7-13)23-19(25)24-10-14-8-22-9-15(14)11-24/h1-7,14-15,22H,8-11,21H2,(H,23,25). The number of carbonyl (C=O) groups excluding carboxylic acids is 1. The van der Waals surface area contributed by atoms with Gasteiger partial charge in [0.05, 0.1) is 11.4 Å². The number of hydrogen-bond donors (Lipinski definition) is 3. The molecule has 0 aliphatic carbocycles. The van der Waals surface area contributed by atoms with E-state index in [2.05, 4.69) is 10.6 Å². The smallest absolute Gasteiger partial charge is 0.321 e. The number of nitrogen functional groups attached to an aromatic ring is 1. The molecule has 2 aliphatic rings. The van der Waals surface area contributed by atoms with Crippen LogP contribution in [0.5, 0.6) is 0 Å². The highest BCUT2D eigenvalue weighted by Crippen LogP contribution is 2.30. The van der Waals surface area contributed by atoms with Crippen molar-refractivity contribution in [3.05, 3.63) is 48.3 Å². The molecule has 0 spiro atoms. The summed E-state index contributed by atoms with van der Waals surface area (Å²) in [7, 11) is 0. The zero-order chi connectivity index (χ0) is 17.4. The summed E-state index contributed by atoms with van der Waals surface area (Å²) in [6, 6.07) is 11.6. The molecule has 2 amide bonds. The van der Waals surface area contributed by atoms with Crippen molar-refractivity contribution >= 4 is 17.4 Å². The van der Waals surface area contributed by atoms with Crippen molar-refractivity contribution in [1.82, 2.24) is 10.2 Å². The van der Waals surface area contributed by atoms with E-state index in [0.717, 1.165) is 37.3 Å². The quantitative estimate of drug-likeness (QED) is 0.736. The van der Waals surface area contributed by atoms with E-state index in [1.165, 1.54) is 12.1 Å². The van der Waals surface area contributed by atoms with Crippen molar-refractivity contribution in [3.8, 4) is 11.1 Å². The molecule has 4 N–H and O–H groups in total. The van der Waals surface area contributed by atoms with Crippen molar-refractivity contribution in [2.75, 3.05) is 37.2 Å². The molecule has 25 heavy (non-hydrogen) atoms. The molecule has 2 unspecified atom stereocenters. The van der Waals surface area contributed by atoms with Crippen LogP contribution in [0.4, 0.5) is 20.6 Å². The number of anilines is 2. The Hall–Kier alpha value is -2.60. The highest BCUT2D eigenvalue weighted by Gasteiger charge is 2.38. The van der Waals surface area contributed by atoms with E-state index in [0.29, 0.717) is 23.2 Å². The maximum absolute atomic E-state index is 13.1. The minimum Gasteiger partial charge on any atom is -0.397 e. The monoisotopic (exact) mass is 340 g/mol. The Kier molecular flexibility index (Phi) is 4.05. The maximum atomic E-state index is 13.1. The molecular weight excluding hydrogens is 319 g/mol. The largest absolute Gasteiger partial charge is 0.397 e. The van der Waals surface area contributed by atoms with E-state index in [4.69, 9.17) is 5.73 Å². The first kappa shape index (κ1) is 15.9. The third kappa shape index (κ3) is 3.17. The van der Waals surface area contributed by atoms with Gasteiger partial charge in [-0.2, -0.15) is 0 Å². The van der Waals surface area contributed by atoms with Gasteiger partial charge in [-0.3, -0.25) is 0 Å². The fourth-order valence-electron chi connectivity index (χ4n) is 3.70. The number of halogens is 1. The van der Waals surface area contributed by atoms with E-state index < -0.39 is 0 Å². The first-order valence-electron chi connectivity index (χ1n) is 8.52.